The molecule has 1 aromatic carbocycles. The molecule has 0 aromatic heterocycles. The Morgan fingerprint density at radius 2 is 1.90 bits per heavy atom. The minimum Gasteiger partial charge on any atom is -0.488 e. The summed E-state index contributed by atoms with van der Waals surface area (Å²) in [5, 5.41) is 0. The molecule has 2 atom stereocenters. The summed E-state index contributed by atoms with van der Waals surface area (Å²) >= 11 is 0. The Hall–Kier alpha value is -0.763. The molecule has 2 heteroatoms. The van der Waals surface area contributed by atoms with Crippen molar-refractivity contribution in [2.24, 2.45) is 0 Å². The van der Waals surface area contributed by atoms with Crippen LogP contribution in [0.5, 0.6) is 5.75 Å². The third-order valence-electron chi connectivity index (χ3n) is 4.84. The molecule has 0 amide bonds. The maximum Gasteiger partial charge on any atom is 0.120 e. The fourth-order valence-corrected chi connectivity index (χ4v) is 7.19. The number of hydrogen-bond acceptors (Lipinski definition) is 1. The van der Waals surface area contributed by atoms with Crippen molar-refractivity contribution in [1.82, 2.24) is 0 Å². The molecule has 20 heavy (non-hydrogen) atoms. The Balaban J connectivity index is 2.06. The summed E-state index contributed by atoms with van der Waals surface area (Å²) in [5.74, 6) is 1.69. The molecule has 1 aliphatic heterocycles. The lowest BCUT2D eigenvalue weighted by Gasteiger charge is -2.41. The fourth-order valence-electron chi connectivity index (χ4n) is 3.60. The van der Waals surface area contributed by atoms with Crippen LogP contribution >= 0.6 is 0 Å². The fraction of sp³-hybridized carbons (Fsp3) is 0.667. The molecule has 0 saturated carbocycles. The van der Waals surface area contributed by atoms with Crippen LogP contribution in [-0.2, 0) is 0 Å². The van der Waals surface area contributed by atoms with Crippen molar-refractivity contribution < 1.29 is 4.74 Å². The first-order chi connectivity index (χ1) is 9.34. The first-order valence-corrected chi connectivity index (χ1v) is 11.5. The number of benzene rings is 1. The van der Waals surface area contributed by atoms with Crippen LogP contribution in [0.25, 0.3) is 0 Å². The second-order valence-electron chi connectivity index (χ2n) is 7.62. The average Bonchev–Trinajstić information content (AvgIpc) is 2.36. The van der Waals surface area contributed by atoms with Gasteiger partial charge in [0.05, 0.1) is 8.07 Å². The van der Waals surface area contributed by atoms with E-state index in [0.29, 0.717) is 5.92 Å². The first-order valence-electron chi connectivity index (χ1n) is 8.13. The Labute approximate surface area is 125 Å². The quantitative estimate of drug-likeness (QED) is 0.633. The molecule has 0 spiro atoms. The molecule has 2 unspecified atom stereocenters. The standard InChI is InChI=1S/C18H30OSi/c1-6-15(2)16-8-10-17(11-9-16)19-18(3)12-7-13-20(4,5)14-18/h8-11,15H,6-7,12-14H2,1-5H3. The van der Waals surface area contributed by atoms with Crippen LogP contribution in [0.3, 0.4) is 0 Å². The topological polar surface area (TPSA) is 9.23 Å². The third kappa shape index (κ3) is 3.88. The summed E-state index contributed by atoms with van der Waals surface area (Å²) in [6, 6.07) is 11.5. The van der Waals surface area contributed by atoms with Crippen LogP contribution < -0.4 is 4.74 Å². The van der Waals surface area contributed by atoms with E-state index in [4.69, 9.17) is 4.74 Å². The molecule has 1 aromatic rings. The van der Waals surface area contributed by atoms with E-state index >= 15 is 0 Å². The second-order valence-corrected chi connectivity index (χ2v) is 12.8. The molecular weight excluding hydrogens is 260 g/mol. The van der Waals surface area contributed by atoms with Gasteiger partial charge in [-0.3, -0.25) is 0 Å². The van der Waals surface area contributed by atoms with Gasteiger partial charge in [-0.2, -0.15) is 0 Å². The van der Waals surface area contributed by atoms with Gasteiger partial charge in [0.25, 0.3) is 0 Å². The summed E-state index contributed by atoms with van der Waals surface area (Å²) in [7, 11) is -1.04. The van der Waals surface area contributed by atoms with E-state index in [1.807, 2.05) is 0 Å². The van der Waals surface area contributed by atoms with E-state index in [1.165, 1.54) is 36.9 Å². The van der Waals surface area contributed by atoms with Gasteiger partial charge in [0.2, 0.25) is 0 Å². The minimum absolute atomic E-state index is 0.0614. The maximum atomic E-state index is 6.38. The zero-order valence-electron chi connectivity index (χ0n) is 13.8. The largest absolute Gasteiger partial charge is 0.488 e. The predicted octanol–water partition coefficient (Wildman–Crippen LogP) is 5.84. The highest BCUT2D eigenvalue weighted by Gasteiger charge is 2.39. The number of rotatable bonds is 4. The van der Waals surface area contributed by atoms with Crippen molar-refractivity contribution in [3.05, 3.63) is 29.8 Å². The summed E-state index contributed by atoms with van der Waals surface area (Å²) in [5.41, 5.74) is 1.48. The monoisotopic (exact) mass is 290 g/mol. The molecule has 112 valence electrons. The molecule has 2 rings (SSSR count). The summed E-state index contributed by atoms with van der Waals surface area (Å²) in [6.45, 7) is 11.8. The Morgan fingerprint density at radius 1 is 1.25 bits per heavy atom. The molecule has 1 fully saturated rings. The van der Waals surface area contributed by atoms with Gasteiger partial charge in [-0.25, -0.2) is 0 Å². The average molecular weight is 291 g/mol. The van der Waals surface area contributed by atoms with Crippen molar-refractivity contribution in [1.29, 1.82) is 0 Å². The summed E-state index contributed by atoms with van der Waals surface area (Å²) in [6.07, 6.45) is 3.73. The second kappa shape index (κ2) is 5.93. The van der Waals surface area contributed by atoms with Crippen LogP contribution in [-0.4, -0.2) is 13.7 Å². The highest BCUT2D eigenvalue weighted by molar-refractivity contribution is 6.77. The van der Waals surface area contributed by atoms with Crippen LogP contribution in [0.15, 0.2) is 24.3 Å². The number of hydrogen-bond donors (Lipinski definition) is 0. The van der Waals surface area contributed by atoms with E-state index in [1.54, 1.807) is 0 Å². The molecule has 0 bridgehead atoms. The molecule has 1 nitrogen and oxygen atoms in total. The highest BCUT2D eigenvalue weighted by atomic mass is 28.3. The van der Waals surface area contributed by atoms with Crippen LogP contribution in [0.1, 0.15) is 51.5 Å². The summed E-state index contributed by atoms with van der Waals surface area (Å²) < 4.78 is 6.38. The lowest BCUT2D eigenvalue weighted by molar-refractivity contribution is 0.0913. The maximum absolute atomic E-state index is 6.38. The Kier molecular flexibility index (Phi) is 4.63. The van der Waals surface area contributed by atoms with Crippen molar-refractivity contribution in [2.75, 3.05) is 0 Å². The highest BCUT2D eigenvalue weighted by Crippen LogP contribution is 2.38. The van der Waals surface area contributed by atoms with E-state index in [9.17, 15) is 0 Å². The lowest BCUT2D eigenvalue weighted by Crippen LogP contribution is -2.45. The SMILES string of the molecule is CCC(C)c1ccc(OC2(C)CCC[Si](C)(C)C2)cc1. The van der Waals surface area contributed by atoms with E-state index < -0.39 is 8.07 Å². The zero-order chi connectivity index (χ0) is 14.8. The Morgan fingerprint density at radius 3 is 2.45 bits per heavy atom. The van der Waals surface area contributed by atoms with Crippen molar-refractivity contribution >= 4 is 8.07 Å². The smallest absolute Gasteiger partial charge is 0.120 e. The van der Waals surface area contributed by atoms with Gasteiger partial charge in [0.15, 0.2) is 0 Å². The molecule has 1 aliphatic rings. The third-order valence-corrected chi connectivity index (χ3v) is 8.25. The predicted molar refractivity (Wildman–Crippen MR) is 90.5 cm³/mol. The Bertz CT molecular complexity index is 437. The van der Waals surface area contributed by atoms with Crippen molar-refractivity contribution in [2.45, 2.75) is 76.7 Å². The molecule has 0 aliphatic carbocycles. The van der Waals surface area contributed by atoms with Gasteiger partial charge >= 0.3 is 0 Å². The van der Waals surface area contributed by atoms with Crippen LogP contribution in [0.4, 0.5) is 0 Å². The van der Waals surface area contributed by atoms with Crippen molar-refractivity contribution in [3.8, 4) is 5.75 Å². The van der Waals surface area contributed by atoms with Gasteiger partial charge < -0.3 is 4.74 Å². The van der Waals surface area contributed by atoms with Gasteiger partial charge in [-0.15, -0.1) is 0 Å². The van der Waals surface area contributed by atoms with Gasteiger partial charge in [-0.1, -0.05) is 51.5 Å². The van der Waals surface area contributed by atoms with E-state index in [2.05, 4.69) is 58.1 Å². The number of ether oxygens (including phenoxy) is 1. The zero-order valence-corrected chi connectivity index (χ0v) is 14.8. The molecular formula is C18H30OSi. The normalized spacial score (nSPS) is 27.1. The first kappa shape index (κ1) is 15.6. The summed E-state index contributed by atoms with van der Waals surface area (Å²) in [4.78, 5) is 0. The van der Waals surface area contributed by atoms with Gasteiger partial charge in [0.1, 0.15) is 11.4 Å². The molecule has 0 N–H and O–H groups in total. The minimum atomic E-state index is -1.04. The molecule has 1 heterocycles. The van der Waals surface area contributed by atoms with E-state index in [-0.39, 0.29) is 5.60 Å². The molecule has 1 saturated heterocycles. The van der Waals surface area contributed by atoms with E-state index in [0.717, 1.165) is 5.75 Å². The van der Waals surface area contributed by atoms with Crippen LogP contribution in [0, 0.1) is 0 Å². The van der Waals surface area contributed by atoms with Crippen LogP contribution in [0.2, 0.25) is 25.2 Å². The van der Waals surface area contributed by atoms with Crippen molar-refractivity contribution in [3.63, 3.8) is 0 Å². The lowest BCUT2D eigenvalue weighted by atomic mass is 9.98. The van der Waals surface area contributed by atoms with Gasteiger partial charge in [0, 0.05) is 0 Å². The van der Waals surface area contributed by atoms with Gasteiger partial charge in [-0.05, 0) is 49.4 Å². The molecule has 0 radical (unpaired) electrons.